The van der Waals surface area contributed by atoms with E-state index in [1.54, 1.807) is 6.07 Å². The number of benzene rings is 2. The lowest BCUT2D eigenvalue weighted by molar-refractivity contribution is 0.0954. The van der Waals surface area contributed by atoms with Gasteiger partial charge in [0.1, 0.15) is 5.75 Å². The predicted molar refractivity (Wildman–Crippen MR) is 111 cm³/mol. The van der Waals surface area contributed by atoms with Crippen LogP contribution in [0.5, 0.6) is 17.2 Å². The molecule has 0 saturated heterocycles. The van der Waals surface area contributed by atoms with Crippen molar-refractivity contribution in [2.75, 3.05) is 14.2 Å². The van der Waals surface area contributed by atoms with Gasteiger partial charge >= 0.3 is 0 Å². The summed E-state index contributed by atoms with van der Waals surface area (Å²) in [5.74, 6) is -0.202. The van der Waals surface area contributed by atoms with Crippen LogP contribution in [0.2, 0.25) is 0 Å². The number of ether oxygens (including phenoxy) is 1. The molecular weight excluding hydrogens is 554 g/mol. The first kappa shape index (κ1) is 21.4. The number of aliphatic hydroxyl groups is 1. The number of nitrogens with zero attached hydrogens (tertiary/aromatic N) is 1. The van der Waals surface area contributed by atoms with E-state index in [9.17, 15) is 15.0 Å². The molecule has 2 rings (SSSR count). The topological polar surface area (TPSA) is 111 Å². The van der Waals surface area contributed by atoms with Gasteiger partial charge in [-0.25, -0.2) is 5.43 Å². The molecule has 0 atom stereocenters. The van der Waals surface area contributed by atoms with Gasteiger partial charge in [-0.1, -0.05) is 0 Å². The number of aromatic hydroxyl groups is 2. The molecule has 25 heavy (non-hydrogen) atoms. The van der Waals surface area contributed by atoms with E-state index < -0.39 is 5.91 Å². The number of carbonyl (C=O) groups is 1. The Morgan fingerprint density at radius 3 is 2.52 bits per heavy atom. The predicted octanol–water partition coefficient (Wildman–Crippen LogP) is 2.69. The van der Waals surface area contributed by atoms with Crippen molar-refractivity contribution in [3.63, 3.8) is 0 Å². The van der Waals surface area contributed by atoms with Gasteiger partial charge in [-0.15, -0.1) is 0 Å². The summed E-state index contributed by atoms with van der Waals surface area (Å²) in [5.41, 5.74) is 3.16. The molecule has 0 aliphatic heterocycles. The third-order valence-electron chi connectivity index (χ3n) is 2.87. The maximum Gasteiger partial charge on any atom is 0.271 e. The van der Waals surface area contributed by atoms with E-state index in [1.165, 1.54) is 31.5 Å². The lowest BCUT2D eigenvalue weighted by Crippen LogP contribution is -2.17. The summed E-state index contributed by atoms with van der Waals surface area (Å²) in [7, 11) is 2.40. The standard InChI is InChI=1S/C15H12I2N2O4.CH4O/c1-23-13-5-8(2-3-12(13)20)15(22)19-18-7-9-4-10(16)6-11(17)14(9)21;1-2/h2-7,20-21H,1H3,(H,19,22);2H,1H3/b18-7+;. The quantitative estimate of drug-likeness (QED) is 0.257. The van der Waals surface area contributed by atoms with Crippen LogP contribution in [0.4, 0.5) is 0 Å². The molecular formula is C16H16I2N2O5. The zero-order valence-corrected chi connectivity index (χ0v) is 17.6. The molecule has 2 aromatic rings. The highest BCUT2D eigenvalue weighted by molar-refractivity contribution is 14.1. The molecule has 4 N–H and O–H groups in total. The highest BCUT2D eigenvalue weighted by atomic mass is 127. The first-order valence-corrected chi connectivity index (χ1v) is 8.91. The number of aliphatic hydroxyl groups excluding tert-OH is 1. The molecule has 0 spiro atoms. The van der Waals surface area contributed by atoms with Crippen molar-refractivity contribution in [2.24, 2.45) is 5.10 Å². The summed E-state index contributed by atoms with van der Waals surface area (Å²) >= 11 is 4.15. The average molecular weight is 570 g/mol. The maximum absolute atomic E-state index is 12.0. The fourth-order valence-corrected chi connectivity index (χ4v) is 3.62. The lowest BCUT2D eigenvalue weighted by atomic mass is 10.2. The molecule has 0 fully saturated rings. The second-order valence-corrected chi connectivity index (χ2v) is 6.82. The molecule has 0 aromatic heterocycles. The third-order valence-corrected chi connectivity index (χ3v) is 4.31. The summed E-state index contributed by atoms with van der Waals surface area (Å²) in [6, 6.07) is 7.80. The molecule has 7 nitrogen and oxygen atoms in total. The first-order valence-electron chi connectivity index (χ1n) is 6.75. The van der Waals surface area contributed by atoms with Crippen LogP contribution in [0.15, 0.2) is 35.4 Å². The van der Waals surface area contributed by atoms with E-state index in [2.05, 4.69) is 33.1 Å². The zero-order valence-electron chi connectivity index (χ0n) is 13.3. The van der Waals surface area contributed by atoms with Crippen molar-refractivity contribution < 1.29 is 24.9 Å². The average Bonchev–Trinajstić information content (AvgIpc) is 2.61. The second-order valence-electron chi connectivity index (χ2n) is 4.41. The van der Waals surface area contributed by atoms with Crippen LogP contribution in [0.1, 0.15) is 15.9 Å². The van der Waals surface area contributed by atoms with Crippen molar-refractivity contribution in [3.8, 4) is 17.2 Å². The summed E-state index contributed by atoms with van der Waals surface area (Å²) in [4.78, 5) is 12.0. The van der Waals surface area contributed by atoms with E-state index in [-0.39, 0.29) is 17.2 Å². The first-order chi connectivity index (χ1) is 11.9. The van der Waals surface area contributed by atoms with Crippen molar-refractivity contribution in [3.05, 3.63) is 48.6 Å². The van der Waals surface area contributed by atoms with Crippen LogP contribution in [0.3, 0.4) is 0 Å². The monoisotopic (exact) mass is 570 g/mol. The molecule has 0 aliphatic rings. The number of rotatable bonds is 4. The van der Waals surface area contributed by atoms with Crippen LogP contribution in [-0.4, -0.2) is 41.7 Å². The Morgan fingerprint density at radius 1 is 1.20 bits per heavy atom. The lowest BCUT2D eigenvalue weighted by Gasteiger charge is -2.06. The fourth-order valence-electron chi connectivity index (χ4n) is 1.73. The smallest absolute Gasteiger partial charge is 0.271 e. The number of carbonyl (C=O) groups excluding carboxylic acids is 1. The summed E-state index contributed by atoms with van der Waals surface area (Å²) in [6.07, 6.45) is 1.37. The van der Waals surface area contributed by atoms with E-state index in [1.807, 2.05) is 28.7 Å². The van der Waals surface area contributed by atoms with Crippen LogP contribution >= 0.6 is 45.2 Å². The van der Waals surface area contributed by atoms with Crippen LogP contribution < -0.4 is 10.2 Å². The highest BCUT2D eigenvalue weighted by Crippen LogP contribution is 2.27. The Hall–Kier alpha value is -1.60. The van der Waals surface area contributed by atoms with Gasteiger partial charge < -0.3 is 20.1 Å². The molecule has 0 unspecified atom stereocenters. The minimum atomic E-state index is -0.459. The number of methoxy groups -OCH3 is 1. The molecule has 0 aliphatic carbocycles. The highest BCUT2D eigenvalue weighted by Gasteiger charge is 2.09. The summed E-state index contributed by atoms with van der Waals surface area (Å²) in [5, 5.41) is 30.3. The second kappa shape index (κ2) is 10.4. The van der Waals surface area contributed by atoms with Crippen LogP contribution in [0.25, 0.3) is 0 Å². The van der Waals surface area contributed by atoms with Crippen molar-refractivity contribution >= 4 is 57.3 Å². The normalized spacial score (nSPS) is 10.1. The molecule has 134 valence electrons. The van der Waals surface area contributed by atoms with Crippen LogP contribution in [-0.2, 0) is 0 Å². The number of phenolic OH excluding ortho intramolecular Hbond substituents is 2. The number of nitrogens with one attached hydrogen (secondary N) is 1. The van der Waals surface area contributed by atoms with Gasteiger partial charge in [-0.3, -0.25) is 4.79 Å². The van der Waals surface area contributed by atoms with Gasteiger partial charge in [-0.2, -0.15) is 5.10 Å². The number of phenols is 2. The Kier molecular flexibility index (Phi) is 8.92. The third kappa shape index (κ3) is 6.01. The molecule has 1 amide bonds. The van der Waals surface area contributed by atoms with E-state index >= 15 is 0 Å². The van der Waals surface area contributed by atoms with Gasteiger partial charge in [0.2, 0.25) is 0 Å². The Balaban J connectivity index is 0.00000151. The number of hydrazone groups is 1. The summed E-state index contributed by atoms with van der Waals surface area (Å²) < 4.78 is 6.59. The molecule has 9 heteroatoms. The molecule has 0 radical (unpaired) electrons. The Morgan fingerprint density at radius 2 is 1.88 bits per heavy atom. The van der Waals surface area contributed by atoms with Crippen molar-refractivity contribution in [1.82, 2.24) is 5.43 Å². The number of halogens is 2. The number of amides is 1. The van der Waals surface area contributed by atoms with Gasteiger partial charge in [0.25, 0.3) is 5.91 Å². The minimum Gasteiger partial charge on any atom is -0.506 e. The molecule has 0 heterocycles. The van der Waals surface area contributed by atoms with E-state index in [4.69, 9.17) is 9.84 Å². The van der Waals surface area contributed by atoms with Crippen molar-refractivity contribution in [2.45, 2.75) is 0 Å². The van der Waals surface area contributed by atoms with E-state index in [0.717, 1.165) is 10.7 Å². The fraction of sp³-hybridized carbons (Fsp3) is 0.125. The van der Waals surface area contributed by atoms with Gasteiger partial charge in [-0.05, 0) is 75.5 Å². The van der Waals surface area contributed by atoms with Crippen molar-refractivity contribution in [1.29, 1.82) is 0 Å². The van der Waals surface area contributed by atoms with Gasteiger partial charge in [0.05, 0.1) is 16.9 Å². The minimum absolute atomic E-state index is 0.0501. The maximum atomic E-state index is 12.0. The number of hydrogen-bond donors (Lipinski definition) is 4. The SMILES string of the molecule is CO.COc1cc(C(=O)N/N=C/c2cc(I)cc(I)c2O)ccc1O. The number of hydrogen-bond acceptors (Lipinski definition) is 6. The van der Waals surface area contributed by atoms with Crippen LogP contribution in [0, 0.1) is 7.14 Å². The zero-order chi connectivity index (χ0) is 19.0. The Labute approximate surface area is 172 Å². The van der Waals surface area contributed by atoms with Gasteiger partial charge in [0, 0.05) is 21.8 Å². The molecule has 0 bridgehead atoms. The van der Waals surface area contributed by atoms with Gasteiger partial charge in [0.15, 0.2) is 11.5 Å². The molecule has 2 aromatic carbocycles. The molecule has 0 saturated carbocycles. The Bertz CT molecular complexity index is 781. The largest absolute Gasteiger partial charge is 0.506 e. The van der Waals surface area contributed by atoms with E-state index in [0.29, 0.717) is 14.7 Å². The summed E-state index contributed by atoms with van der Waals surface area (Å²) in [6.45, 7) is 0.